The number of thiazole rings is 1. The molecular formula is C14H23NS. The van der Waals surface area contributed by atoms with Gasteiger partial charge < -0.3 is 0 Å². The zero-order chi connectivity index (χ0) is 12.6. The van der Waals surface area contributed by atoms with E-state index >= 15 is 0 Å². The van der Waals surface area contributed by atoms with E-state index in [1.165, 1.54) is 9.88 Å². The van der Waals surface area contributed by atoms with Crippen LogP contribution >= 0.6 is 11.3 Å². The number of hydrogen-bond donors (Lipinski definition) is 0. The van der Waals surface area contributed by atoms with Gasteiger partial charge in [-0.15, -0.1) is 11.3 Å². The molecule has 1 nitrogen and oxygen atoms in total. The summed E-state index contributed by atoms with van der Waals surface area (Å²) in [6.45, 7) is 14.2. The first-order chi connectivity index (χ1) is 7.72. The highest BCUT2D eigenvalue weighted by molar-refractivity contribution is 7.12. The molecule has 0 saturated carbocycles. The summed E-state index contributed by atoms with van der Waals surface area (Å²) in [5, 5.41) is 1.22. The molecule has 0 amide bonds. The van der Waals surface area contributed by atoms with Crippen molar-refractivity contribution in [2.45, 2.75) is 47.0 Å². The van der Waals surface area contributed by atoms with Gasteiger partial charge in [0.05, 0.1) is 15.6 Å². The molecule has 1 unspecified atom stereocenters. The molecule has 1 heterocycles. The van der Waals surface area contributed by atoms with Crippen LogP contribution in [0.4, 0.5) is 0 Å². The van der Waals surface area contributed by atoms with Crippen LogP contribution in [0.2, 0.25) is 0 Å². The van der Waals surface area contributed by atoms with Crippen molar-refractivity contribution in [3.8, 4) is 0 Å². The van der Waals surface area contributed by atoms with E-state index in [9.17, 15) is 0 Å². The molecule has 0 aliphatic rings. The second-order valence-corrected chi connectivity index (χ2v) is 4.38. The molecule has 1 atom stereocenters. The zero-order valence-corrected chi connectivity index (χ0v) is 11.9. The van der Waals surface area contributed by atoms with E-state index in [4.69, 9.17) is 0 Å². The SMILES string of the molecule is C=Cc1nc(C(C)CC)sc1/C=C\C.CC. The Morgan fingerprint density at radius 2 is 2.06 bits per heavy atom. The normalized spacial score (nSPS) is 12.1. The summed E-state index contributed by atoms with van der Waals surface area (Å²) in [6.07, 6.45) is 7.11. The highest BCUT2D eigenvalue weighted by Crippen LogP contribution is 2.28. The first-order valence-corrected chi connectivity index (χ1v) is 6.80. The lowest BCUT2D eigenvalue weighted by Crippen LogP contribution is -1.89. The van der Waals surface area contributed by atoms with E-state index < -0.39 is 0 Å². The molecule has 0 aliphatic heterocycles. The highest BCUT2D eigenvalue weighted by Gasteiger charge is 2.10. The molecule has 2 heteroatoms. The largest absolute Gasteiger partial charge is 0.241 e. The van der Waals surface area contributed by atoms with Crippen LogP contribution in [0.15, 0.2) is 12.7 Å². The van der Waals surface area contributed by atoms with E-state index in [1.54, 1.807) is 11.3 Å². The molecule has 1 aromatic heterocycles. The Balaban J connectivity index is 0.00000106. The van der Waals surface area contributed by atoms with Gasteiger partial charge in [-0.25, -0.2) is 4.98 Å². The zero-order valence-electron chi connectivity index (χ0n) is 11.1. The van der Waals surface area contributed by atoms with Gasteiger partial charge in [-0.1, -0.05) is 40.3 Å². The van der Waals surface area contributed by atoms with Crippen LogP contribution in [0.25, 0.3) is 12.2 Å². The second kappa shape index (κ2) is 8.28. The van der Waals surface area contributed by atoms with Crippen LogP contribution in [0.5, 0.6) is 0 Å². The standard InChI is InChI=1S/C12H17NS.C2H6/c1-5-8-11-10(7-3)13-12(14-11)9(4)6-2;1-2/h5,7-9H,3,6H2,1-2,4H3;1-2H3/b8-5-;. The van der Waals surface area contributed by atoms with Gasteiger partial charge in [-0.3, -0.25) is 0 Å². The monoisotopic (exact) mass is 237 g/mol. The highest BCUT2D eigenvalue weighted by atomic mass is 32.1. The summed E-state index contributed by atoms with van der Waals surface area (Å²) in [7, 11) is 0. The summed E-state index contributed by atoms with van der Waals surface area (Å²) in [6, 6.07) is 0. The maximum absolute atomic E-state index is 4.57. The lowest BCUT2D eigenvalue weighted by molar-refractivity contribution is 0.726. The number of nitrogens with zero attached hydrogens (tertiary/aromatic N) is 1. The Morgan fingerprint density at radius 3 is 2.50 bits per heavy atom. The van der Waals surface area contributed by atoms with E-state index in [0.29, 0.717) is 5.92 Å². The molecule has 0 aromatic carbocycles. The van der Waals surface area contributed by atoms with Gasteiger partial charge in [0.25, 0.3) is 0 Å². The molecule has 90 valence electrons. The number of hydrogen-bond acceptors (Lipinski definition) is 2. The molecule has 0 N–H and O–H groups in total. The molecule has 0 aliphatic carbocycles. The van der Waals surface area contributed by atoms with Crippen molar-refractivity contribution >= 4 is 23.5 Å². The first kappa shape index (κ1) is 15.1. The minimum Gasteiger partial charge on any atom is -0.241 e. The average molecular weight is 237 g/mol. The Labute approximate surface area is 104 Å². The maximum Gasteiger partial charge on any atom is 0.0966 e. The van der Waals surface area contributed by atoms with Crippen LogP contribution in [-0.4, -0.2) is 4.98 Å². The fourth-order valence-corrected chi connectivity index (χ4v) is 2.34. The third-order valence-electron chi connectivity index (χ3n) is 2.24. The van der Waals surface area contributed by atoms with Crippen molar-refractivity contribution in [1.29, 1.82) is 0 Å². The topological polar surface area (TPSA) is 12.9 Å². The average Bonchev–Trinajstić information content (AvgIpc) is 2.74. The van der Waals surface area contributed by atoms with Gasteiger partial charge in [0.1, 0.15) is 0 Å². The molecule has 0 radical (unpaired) electrons. The van der Waals surface area contributed by atoms with E-state index in [0.717, 1.165) is 12.1 Å². The van der Waals surface area contributed by atoms with Gasteiger partial charge in [0, 0.05) is 5.92 Å². The molecule has 0 spiro atoms. The van der Waals surface area contributed by atoms with Crippen molar-refractivity contribution in [2.75, 3.05) is 0 Å². The Morgan fingerprint density at radius 1 is 1.44 bits per heavy atom. The summed E-state index contributed by atoms with van der Waals surface area (Å²) in [4.78, 5) is 5.79. The minimum absolute atomic E-state index is 0.553. The Kier molecular flexibility index (Phi) is 7.82. The van der Waals surface area contributed by atoms with Crippen LogP contribution in [-0.2, 0) is 0 Å². The van der Waals surface area contributed by atoms with Gasteiger partial charge in [-0.2, -0.15) is 0 Å². The van der Waals surface area contributed by atoms with Gasteiger partial charge in [0.15, 0.2) is 0 Å². The predicted octanol–water partition coefficient (Wildman–Crippen LogP) is 5.36. The lowest BCUT2D eigenvalue weighted by atomic mass is 10.1. The van der Waals surface area contributed by atoms with Crippen molar-refractivity contribution in [3.63, 3.8) is 0 Å². The third-order valence-corrected chi connectivity index (χ3v) is 3.51. The van der Waals surface area contributed by atoms with Gasteiger partial charge >= 0.3 is 0 Å². The van der Waals surface area contributed by atoms with Crippen molar-refractivity contribution in [1.82, 2.24) is 4.98 Å². The summed E-state index contributed by atoms with van der Waals surface area (Å²) < 4.78 is 0. The molecular weight excluding hydrogens is 214 g/mol. The fourth-order valence-electron chi connectivity index (χ4n) is 1.16. The quantitative estimate of drug-likeness (QED) is 0.687. The molecule has 0 bridgehead atoms. The van der Waals surface area contributed by atoms with Crippen molar-refractivity contribution < 1.29 is 0 Å². The van der Waals surface area contributed by atoms with Crippen LogP contribution in [0.3, 0.4) is 0 Å². The first-order valence-electron chi connectivity index (χ1n) is 5.98. The van der Waals surface area contributed by atoms with Crippen molar-refractivity contribution in [2.24, 2.45) is 0 Å². The summed E-state index contributed by atoms with van der Waals surface area (Å²) >= 11 is 1.77. The predicted molar refractivity (Wildman–Crippen MR) is 77.0 cm³/mol. The van der Waals surface area contributed by atoms with Crippen molar-refractivity contribution in [3.05, 3.63) is 28.2 Å². The summed E-state index contributed by atoms with van der Waals surface area (Å²) in [5.41, 5.74) is 1.02. The molecule has 0 saturated heterocycles. The number of rotatable bonds is 4. The lowest BCUT2D eigenvalue weighted by Gasteiger charge is -2.01. The fraction of sp³-hybridized carbons (Fsp3) is 0.500. The van der Waals surface area contributed by atoms with Crippen LogP contribution < -0.4 is 0 Å². The number of allylic oxidation sites excluding steroid dienone is 1. The summed E-state index contributed by atoms with van der Waals surface area (Å²) in [5.74, 6) is 0.553. The molecule has 16 heavy (non-hydrogen) atoms. The Bertz CT molecular complexity index is 337. The van der Waals surface area contributed by atoms with Crippen LogP contribution in [0.1, 0.15) is 62.5 Å². The van der Waals surface area contributed by atoms with E-state index in [1.807, 2.05) is 32.9 Å². The maximum atomic E-state index is 4.57. The smallest absolute Gasteiger partial charge is 0.0966 e. The van der Waals surface area contributed by atoms with E-state index in [-0.39, 0.29) is 0 Å². The minimum atomic E-state index is 0.553. The number of aromatic nitrogens is 1. The third kappa shape index (κ3) is 3.93. The van der Waals surface area contributed by atoms with E-state index in [2.05, 4.69) is 31.5 Å². The second-order valence-electron chi connectivity index (χ2n) is 3.32. The van der Waals surface area contributed by atoms with Crippen LogP contribution in [0, 0.1) is 0 Å². The van der Waals surface area contributed by atoms with Gasteiger partial charge in [-0.05, 0) is 25.5 Å². The molecule has 1 aromatic rings. The Hall–Kier alpha value is -0.890. The molecule has 0 fully saturated rings. The molecule has 1 rings (SSSR count). The van der Waals surface area contributed by atoms with Gasteiger partial charge in [0.2, 0.25) is 0 Å².